The lowest BCUT2D eigenvalue weighted by Crippen LogP contribution is -2.17. The summed E-state index contributed by atoms with van der Waals surface area (Å²) in [5.41, 5.74) is 6.59. The van der Waals surface area contributed by atoms with Gasteiger partial charge in [0.05, 0.1) is 11.4 Å². The maximum Gasteiger partial charge on any atom is 0.234 e. The van der Waals surface area contributed by atoms with E-state index in [9.17, 15) is 4.79 Å². The van der Waals surface area contributed by atoms with Gasteiger partial charge in [-0.05, 0) is 38.5 Å². The number of rotatable bonds is 6. The molecule has 0 unspecified atom stereocenters. The molecule has 0 bridgehead atoms. The van der Waals surface area contributed by atoms with E-state index in [1.54, 1.807) is 0 Å². The van der Waals surface area contributed by atoms with Crippen LogP contribution in [-0.4, -0.2) is 36.7 Å². The Morgan fingerprint density at radius 3 is 2.55 bits per heavy atom. The van der Waals surface area contributed by atoms with Crippen molar-refractivity contribution >= 4 is 23.4 Å². The molecule has 31 heavy (non-hydrogen) atoms. The van der Waals surface area contributed by atoms with E-state index >= 15 is 0 Å². The van der Waals surface area contributed by atoms with E-state index < -0.39 is 0 Å². The molecule has 4 rings (SSSR count). The fourth-order valence-electron chi connectivity index (χ4n) is 3.14. The van der Waals surface area contributed by atoms with Gasteiger partial charge in [0.15, 0.2) is 0 Å². The highest BCUT2D eigenvalue weighted by Crippen LogP contribution is 2.25. The molecule has 0 aliphatic carbocycles. The molecule has 1 amide bonds. The maximum atomic E-state index is 12.3. The van der Waals surface area contributed by atoms with E-state index in [0.29, 0.717) is 16.7 Å². The number of anilines is 1. The summed E-state index contributed by atoms with van der Waals surface area (Å²) in [5.74, 6) is 6.65. The van der Waals surface area contributed by atoms with E-state index in [-0.39, 0.29) is 11.7 Å². The van der Waals surface area contributed by atoms with E-state index in [4.69, 9.17) is 5.84 Å². The van der Waals surface area contributed by atoms with Gasteiger partial charge in [0, 0.05) is 11.3 Å². The normalized spacial score (nSPS) is 10.9. The first-order valence-electron chi connectivity index (χ1n) is 9.74. The maximum absolute atomic E-state index is 12.3. The van der Waals surface area contributed by atoms with Crippen molar-refractivity contribution in [3.8, 4) is 22.8 Å². The molecule has 158 valence electrons. The highest BCUT2D eigenvalue weighted by atomic mass is 32.2. The predicted octanol–water partition coefficient (Wildman–Crippen LogP) is 3.71. The van der Waals surface area contributed by atoms with Crippen molar-refractivity contribution in [3.63, 3.8) is 0 Å². The predicted molar refractivity (Wildman–Crippen MR) is 123 cm³/mol. The van der Waals surface area contributed by atoms with Gasteiger partial charge < -0.3 is 11.2 Å². The van der Waals surface area contributed by atoms with Gasteiger partial charge in [-0.25, -0.2) is 4.68 Å². The highest BCUT2D eigenvalue weighted by molar-refractivity contribution is 7.99. The molecular weight excluding hydrogens is 410 g/mol. The average molecular weight is 434 g/mol. The summed E-state index contributed by atoms with van der Waals surface area (Å²) in [6.07, 6.45) is 0. The van der Waals surface area contributed by atoms with Crippen molar-refractivity contribution in [2.45, 2.75) is 25.9 Å². The van der Waals surface area contributed by atoms with Crippen LogP contribution in [0.2, 0.25) is 0 Å². The molecule has 0 spiro atoms. The number of aromatic nitrogens is 5. The molecule has 0 atom stereocenters. The molecule has 0 fully saturated rings. The number of hydrogen-bond acceptors (Lipinski definition) is 6. The Labute approximate surface area is 184 Å². The number of H-pyrrole nitrogens is 1. The molecule has 0 aliphatic rings. The molecule has 0 radical (unpaired) electrons. The third-order valence-corrected chi connectivity index (χ3v) is 5.76. The van der Waals surface area contributed by atoms with Crippen molar-refractivity contribution in [2.75, 3.05) is 16.9 Å². The number of amides is 1. The summed E-state index contributed by atoms with van der Waals surface area (Å²) in [4.78, 5) is 12.3. The largest absolute Gasteiger partial charge is 0.335 e. The quantitative estimate of drug-likeness (QED) is 0.315. The van der Waals surface area contributed by atoms with E-state index in [0.717, 1.165) is 28.1 Å². The highest BCUT2D eigenvalue weighted by Gasteiger charge is 2.16. The van der Waals surface area contributed by atoms with Gasteiger partial charge in [-0.1, -0.05) is 59.3 Å². The number of thioether (sulfide) groups is 1. The number of hydrogen-bond donors (Lipinski definition) is 3. The molecule has 2 aromatic heterocycles. The van der Waals surface area contributed by atoms with Crippen LogP contribution in [0, 0.1) is 20.8 Å². The molecular formula is C22H23N7OS. The standard InChI is InChI=1S/C22H23N7OS/c1-13-4-7-16(8-5-13)18-11-19(26-25-18)21-27-28-22(29(21)23)31-12-20(30)24-17-9-6-14(2)10-15(17)3/h4-11H,12,23H2,1-3H3,(H,24,30)(H,25,26). The second-order valence-electron chi connectivity index (χ2n) is 7.36. The Hall–Kier alpha value is -3.59. The second-order valence-corrected chi connectivity index (χ2v) is 8.31. The summed E-state index contributed by atoms with van der Waals surface area (Å²) in [5, 5.41) is 18.9. The number of nitrogens with two attached hydrogens (primary N) is 1. The number of aryl methyl sites for hydroxylation is 3. The van der Waals surface area contributed by atoms with Crippen LogP contribution in [0.25, 0.3) is 22.8 Å². The van der Waals surface area contributed by atoms with Crippen LogP contribution < -0.4 is 11.2 Å². The zero-order valence-electron chi connectivity index (χ0n) is 17.5. The number of benzene rings is 2. The van der Waals surface area contributed by atoms with Gasteiger partial charge in [-0.15, -0.1) is 10.2 Å². The summed E-state index contributed by atoms with van der Waals surface area (Å²) >= 11 is 1.22. The molecule has 2 aromatic carbocycles. The molecule has 2 heterocycles. The van der Waals surface area contributed by atoms with Crippen molar-refractivity contribution in [2.24, 2.45) is 0 Å². The average Bonchev–Trinajstić information content (AvgIpc) is 3.36. The van der Waals surface area contributed by atoms with Crippen LogP contribution >= 0.6 is 11.8 Å². The van der Waals surface area contributed by atoms with Gasteiger partial charge >= 0.3 is 0 Å². The van der Waals surface area contributed by atoms with Crippen molar-refractivity contribution < 1.29 is 4.79 Å². The van der Waals surface area contributed by atoms with Gasteiger partial charge in [0.2, 0.25) is 16.9 Å². The Bertz CT molecular complexity index is 1230. The van der Waals surface area contributed by atoms with Crippen LogP contribution in [0.3, 0.4) is 0 Å². The van der Waals surface area contributed by atoms with Crippen LogP contribution in [-0.2, 0) is 4.79 Å². The van der Waals surface area contributed by atoms with Gasteiger partial charge in [-0.3, -0.25) is 9.89 Å². The van der Waals surface area contributed by atoms with Crippen LogP contribution in [0.1, 0.15) is 16.7 Å². The molecule has 0 aliphatic heterocycles. The third-order valence-electron chi connectivity index (χ3n) is 4.82. The SMILES string of the molecule is Cc1ccc(-c2cc(-c3nnc(SCC(=O)Nc4ccc(C)cc4C)n3N)[nH]n2)cc1. The summed E-state index contributed by atoms with van der Waals surface area (Å²) in [7, 11) is 0. The lowest BCUT2D eigenvalue weighted by molar-refractivity contribution is -0.113. The number of nitrogens with one attached hydrogen (secondary N) is 2. The van der Waals surface area contributed by atoms with E-state index in [1.165, 1.54) is 22.0 Å². The molecule has 9 heteroatoms. The van der Waals surface area contributed by atoms with Gasteiger partial charge in [0.1, 0.15) is 5.69 Å². The van der Waals surface area contributed by atoms with E-state index in [1.807, 2.05) is 69.3 Å². The van der Waals surface area contributed by atoms with Gasteiger partial charge in [-0.2, -0.15) is 5.10 Å². The van der Waals surface area contributed by atoms with Crippen LogP contribution in [0.4, 0.5) is 5.69 Å². The minimum atomic E-state index is -0.135. The number of carbonyl (C=O) groups is 1. The Morgan fingerprint density at radius 1 is 1.06 bits per heavy atom. The number of nitrogen functional groups attached to an aromatic ring is 1. The van der Waals surface area contributed by atoms with E-state index in [2.05, 4.69) is 25.7 Å². The van der Waals surface area contributed by atoms with Crippen LogP contribution in [0.5, 0.6) is 0 Å². The first kappa shape index (κ1) is 20.7. The molecule has 4 aromatic rings. The van der Waals surface area contributed by atoms with Crippen LogP contribution in [0.15, 0.2) is 53.7 Å². The molecule has 0 saturated carbocycles. The topological polar surface area (TPSA) is 115 Å². The minimum absolute atomic E-state index is 0.135. The van der Waals surface area contributed by atoms with Crippen molar-refractivity contribution in [1.82, 2.24) is 25.1 Å². The zero-order valence-corrected chi connectivity index (χ0v) is 18.3. The summed E-state index contributed by atoms with van der Waals surface area (Å²) in [6, 6.07) is 15.9. The summed E-state index contributed by atoms with van der Waals surface area (Å²) < 4.78 is 1.36. The van der Waals surface area contributed by atoms with Crippen molar-refractivity contribution in [3.05, 3.63) is 65.2 Å². The lowest BCUT2D eigenvalue weighted by atomic mass is 10.1. The number of carbonyl (C=O) groups excluding carboxylic acids is 1. The zero-order chi connectivity index (χ0) is 22.0. The fourth-order valence-corrected chi connectivity index (χ4v) is 3.79. The van der Waals surface area contributed by atoms with Gasteiger partial charge in [0.25, 0.3) is 0 Å². The van der Waals surface area contributed by atoms with Crippen molar-refractivity contribution in [1.29, 1.82) is 0 Å². The Morgan fingerprint density at radius 2 is 1.81 bits per heavy atom. The number of aromatic amines is 1. The Balaban J connectivity index is 1.42. The monoisotopic (exact) mass is 433 g/mol. The fraction of sp³-hybridized carbons (Fsp3) is 0.182. The molecule has 4 N–H and O–H groups in total. The Kier molecular flexibility index (Phi) is 5.77. The second kappa shape index (κ2) is 8.65. The summed E-state index contributed by atoms with van der Waals surface area (Å²) in [6.45, 7) is 6.02. The smallest absolute Gasteiger partial charge is 0.234 e. The lowest BCUT2D eigenvalue weighted by Gasteiger charge is -2.08. The minimum Gasteiger partial charge on any atom is -0.335 e. The molecule has 0 saturated heterocycles. The molecule has 8 nitrogen and oxygen atoms in total. The first-order valence-corrected chi connectivity index (χ1v) is 10.7. The third kappa shape index (κ3) is 4.61. The first-order chi connectivity index (χ1) is 14.9. The number of nitrogens with zero attached hydrogens (tertiary/aromatic N) is 4.